The average molecular weight is 268 g/mol. The number of hydrogen-bond acceptors (Lipinski definition) is 2. The van der Waals surface area contributed by atoms with Gasteiger partial charge in [0.1, 0.15) is 0 Å². The van der Waals surface area contributed by atoms with Gasteiger partial charge in [0.05, 0.1) is 12.7 Å². The van der Waals surface area contributed by atoms with Crippen LogP contribution in [0.3, 0.4) is 0 Å². The van der Waals surface area contributed by atoms with Crippen molar-refractivity contribution in [2.45, 2.75) is 31.8 Å². The van der Waals surface area contributed by atoms with E-state index in [-0.39, 0.29) is 6.10 Å². The highest BCUT2D eigenvalue weighted by atomic mass is 35.5. The SMILES string of the molecule is CNCC(OCC1CCCC1)c1ccccc1Cl. The second kappa shape index (κ2) is 7.13. The van der Waals surface area contributed by atoms with Crippen molar-refractivity contribution in [3.05, 3.63) is 34.9 Å². The van der Waals surface area contributed by atoms with Gasteiger partial charge in [0.15, 0.2) is 0 Å². The van der Waals surface area contributed by atoms with E-state index < -0.39 is 0 Å². The van der Waals surface area contributed by atoms with Gasteiger partial charge in [0, 0.05) is 17.1 Å². The first-order chi connectivity index (χ1) is 8.81. The Morgan fingerprint density at radius 1 is 1.33 bits per heavy atom. The monoisotopic (exact) mass is 267 g/mol. The maximum atomic E-state index is 6.24. The van der Waals surface area contributed by atoms with E-state index in [0.717, 1.165) is 29.7 Å². The highest BCUT2D eigenvalue weighted by molar-refractivity contribution is 6.31. The average Bonchev–Trinajstić information content (AvgIpc) is 2.88. The third-order valence-corrected chi connectivity index (χ3v) is 3.99. The van der Waals surface area contributed by atoms with E-state index >= 15 is 0 Å². The van der Waals surface area contributed by atoms with Crippen molar-refractivity contribution in [3.63, 3.8) is 0 Å². The second-order valence-corrected chi connectivity index (χ2v) is 5.46. The van der Waals surface area contributed by atoms with Gasteiger partial charge in [-0.1, -0.05) is 42.6 Å². The van der Waals surface area contributed by atoms with Crippen LogP contribution in [0.1, 0.15) is 37.4 Å². The number of ether oxygens (including phenoxy) is 1. The van der Waals surface area contributed by atoms with Gasteiger partial charge in [0.2, 0.25) is 0 Å². The summed E-state index contributed by atoms with van der Waals surface area (Å²) >= 11 is 6.24. The van der Waals surface area contributed by atoms with Crippen LogP contribution in [-0.2, 0) is 4.74 Å². The number of rotatable bonds is 6. The smallest absolute Gasteiger partial charge is 0.0963 e. The molecule has 0 radical (unpaired) electrons. The fourth-order valence-electron chi connectivity index (χ4n) is 2.61. The highest BCUT2D eigenvalue weighted by Crippen LogP contribution is 2.29. The Balaban J connectivity index is 1.96. The number of benzene rings is 1. The molecule has 100 valence electrons. The fraction of sp³-hybridized carbons (Fsp3) is 0.600. The van der Waals surface area contributed by atoms with Crippen molar-refractivity contribution in [2.75, 3.05) is 20.2 Å². The van der Waals surface area contributed by atoms with Crippen molar-refractivity contribution in [1.82, 2.24) is 5.32 Å². The van der Waals surface area contributed by atoms with Gasteiger partial charge in [-0.15, -0.1) is 0 Å². The van der Waals surface area contributed by atoms with E-state index in [2.05, 4.69) is 11.4 Å². The minimum absolute atomic E-state index is 0.0595. The summed E-state index contributed by atoms with van der Waals surface area (Å²) in [6, 6.07) is 7.96. The maximum Gasteiger partial charge on any atom is 0.0963 e. The van der Waals surface area contributed by atoms with Crippen LogP contribution < -0.4 is 5.32 Å². The third-order valence-electron chi connectivity index (χ3n) is 3.65. The quantitative estimate of drug-likeness (QED) is 0.846. The molecule has 1 aromatic rings. The van der Waals surface area contributed by atoms with Crippen LogP contribution in [0.15, 0.2) is 24.3 Å². The molecule has 1 fully saturated rings. The Bertz CT molecular complexity index is 363. The molecule has 1 saturated carbocycles. The van der Waals surface area contributed by atoms with Crippen LogP contribution in [0.25, 0.3) is 0 Å². The molecule has 1 unspecified atom stereocenters. The summed E-state index contributed by atoms with van der Waals surface area (Å²) in [4.78, 5) is 0. The molecule has 0 amide bonds. The molecule has 3 heteroatoms. The lowest BCUT2D eigenvalue weighted by Crippen LogP contribution is -2.22. The van der Waals surface area contributed by atoms with Crippen molar-refractivity contribution >= 4 is 11.6 Å². The molecule has 1 aromatic carbocycles. The normalized spacial score (nSPS) is 18.1. The number of likely N-dealkylation sites (N-methyl/N-ethyl adjacent to an activating group) is 1. The maximum absolute atomic E-state index is 6.24. The molecule has 1 atom stereocenters. The van der Waals surface area contributed by atoms with Gasteiger partial charge in [-0.25, -0.2) is 0 Å². The molecule has 0 saturated heterocycles. The minimum Gasteiger partial charge on any atom is -0.372 e. The Labute approximate surface area is 115 Å². The Morgan fingerprint density at radius 2 is 2.06 bits per heavy atom. The lowest BCUT2D eigenvalue weighted by molar-refractivity contribution is 0.0306. The van der Waals surface area contributed by atoms with Crippen LogP contribution in [0, 0.1) is 5.92 Å². The summed E-state index contributed by atoms with van der Waals surface area (Å²) in [6.07, 6.45) is 5.40. The fourth-order valence-corrected chi connectivity index (χ4v) is 2.87. The van der Waals surface area contributed by atoms with Crippen molar-refractivity contribution in [1.29, 1.82) is 0 Å². The summed E-state index contributed by atoms with van der Waals surface area (Å²) < 4.78 is 6.09. The number of hydrogen-bond donors (Lipinski definition) is 1. The zero-order valence-electron chi connectivity index (χ0n) is 11.0. The summed E-state index contributed by atoms with van der Waals surface area (Å²) in [6.45, 7) is 1.66. The van der Waals surface area contributed by atoms with Gasteiger partial charge in [-0.2, -0.15) is 0 Å². The molecule has 0 aromatic heterocycles. The first kappa shape index (κ1) is 13.9. The molecule has 18 heavy (non-hydrogen) atoms. The summed E-state index contributed by atoms with van der Waals surface area (Å²) in [7, 11) is 1.95. The van der Waals surface area contributed by atoms with Crippen LogP contribution in [0.4, 0.5) is 0 Å². The van der Waals surface area contributed by atoms with Crippen molar-refractivity contribution in [2.24, 2.45) is 5.92 Å². The Morgan fingerprint density at radius 3 is 2.72 bits per heavy atom. The molecule has 1 N–H and O–H groups in total. The Kier molecular flexibility index (Phi) is 5.48. The van der Waals surface area contributed by atoms with E-state index in [1.807, 2.05) is 25.2 Å². The molecule has 0 aliphatic heterocycles. The molecule has 2 rings (SSSR count). The van der Waals surface area contributed by atoms with Crippen LogP contribution in [0.2, 0.25) is 5.02 Å². The van der Waals surface area contributed by atoms with Crippen LogP contribution in [0.5, 0.6) is 0 Å². The molecular weight excluding hydrogens is 246 g/mol. The van der Waals surface area contributed by atoms with Gasteiger partial charge < -0.3 is 10.1 Å². The summed E-state index contributed by atoms with van der Waals surface area (Å²) in [5.74, 6) is 0.742. The molecule has 1 aliphatic carbocycles. The van der Waals surface area contributed by atoms with Crippen LogP contribution >= 0.6 is 11.6 Å². The molecule has 2 nitrogen and oxygen atoms in total. The van der Waals surface area contributed by atoms with E-state index in [4.69, 9.17) is 16.3 Å². The molecule has 0 spiro atoms. The van der Waals surface area contributed by atoms with E-state index in [1.165, 1.54) is 25.7 Å². The topological polar surface area (TPSA) is 21.3 Å². The molecule has 0 heterocycles. The zero-order valence-corrected chi connectivity index (χ0v) is 11.7. The Hall–Kier alpha value is -0.570. The van der Waals surface area contributed by atoms with Crippen LogP contribution in [-0.4, -0.2) is 20.2 Å². The highest BCUT2D eigenvalue weighted by Gasteiger charge is 2.19. The van der Waals surface area contributed by atoms with Crippen molar-refractivity contribution in [3.8, 4) is 0 Å². The van der Waals surface area contributed by atoms with Gasteiger partial charge >= 0.3 is 0 Å². The van der Waals surface area contributed by atoms with E-state index in [1.54, 1.807) is 0 Å². The summed E-state index contributed by atoms with van der Waals surface area (Å²) in [5.41, 5.74) is 1.09. The second-order valence-electron chi connectivity index (χ2n) is 5.05. The van der Waals surface area contributed by atoms with E-state index in [0.29, 0.717) is 0 Å². The third kappa shape index (κ3) is 3.71. The predicted octanol–water partition coefficient (Wildman–Crippen LogP) is 3.81. The summed E-state index contributed by atoms with van der Waals surface area (Å²) in [5, 5.41) is 3.98. The van der Waals surface area contributed by atoms with Gasteiger partial charge in [-0.05, 0) is 31.9 Å². The largest absolute Gasteiger partial charge is 0.372 e. The van der Waals surface area contributed by atoms with Gasteiger partial charge in [0.25, 0.3) is 0 Å². The van der Waals surface area contributed by atoms with E-state index in [9.17, 15) is 0 Å². The number of nitrogens with one attached hydrogen (secondary N) is 1. The lowest BCUT2D eigenvalue weighted by atomic mass is 10.1. The first-order valence-electron chi connectivity index (χ1n) is 6.82. The first-order valence-corrected chi connectivity index (χ1v) is 7.19. The lowest BCUT2D eigenvalue weighted by Gasteiger charge is -2.21. The number of halogens is 1. The van der Waals surface area contributed by atoms with Gasteiger partial charge in [-0.3, -0.25) is 0 Å². The molecule has 1 aliphatic rings. The molecular formula is C15H22ClNO. The standard InChI is InChI=1S/C15H22ClNO/c1-17-10-15(13-8-4-5-9-14(13)16)18-11-12-6-2-3-7-12/h4-5,8-9,12,15,17H,2-3,6-7,10-11H2,1H3. The zero-order chi connectivity index (χ0) is 12.8. The minimum atomic E-state index is 0.0595. The predicted molar refractivity (Wildman–Crippen MR) is 76.0 cm³/mol. The van der Waals surface area contributed by atoms with Crippen molar-refractivity contribution < 1.29 is 4.74 Å². The molecule has 0 bridgehead atoms.